The van der Waals surface area contributed by atoms with Gasteiger partial charge in [-0.3, -0.25) is 9.69 Å². The molecule has 1 aromatic carbocycles. The van der Waals surface area contributed by atoms with Gasteiger partial charge in [-0.2, -0.15) is 0 Å². The Hall–Kier alpha value is -2.19. The smallest absolute Gasteiger partial charge is 0.407 e. The van der Waals surface area contributed by atoms with Crippen LogP contribution in [0.5, 0.6) is 11.5 Å². The van der Waals surface area contributed by atoms with Gasteiger partial charge in [0.25, 0.3) is 0 Å². The summed E-state index contributed by atoms with van der Waals surface area (Å²) in [5.41, 5.74) is 0.495. The van der Waals surface area contributed by atoms with E-state index in [0.29, 0.717) is 48.6 Å². The first-order valence-corrected chi connectivity index (χ1v) is 9.97. The highest BCUT2D eigenvalue weighted by molar-refractivity contribution is 6.34. The number of rotatable bonds is 5. The highest BCUT2D eigenvalue weighted by Crippen LogP contribution is 2.37. The molecule has 0 radical (unpaired) electrons. The number of hydrogen-bond acceptors (Lipinski definition) is 6. The molecular weight excluding hydrogens is 386 g/mol. The minimum Gasteiger partial charge on any atom is -0.490 e. The molecule has 0 saturated carbocycles. The number of nitrogens with one attached hydrogen (secondary N) is 2. The minimum atomic E-state index is -0.419. The van der Waals surface area contributed by atoms with E-state index in [9.17, 15) is 9.59 Å². The lowest BCUT2D eigenvalue weighted by molar-refractivity contribution is -0.117. The van der Waals surface area contributed by atoms with Crippen LogP contribution in [0.25, 0.3) is 0 Å². The Morgan fingerprint density at radius 3 is 2.75 bits per heavy atom. The van der Waals surface area contributed by atoms with E-state index in [1.807, 2.05) is 4.90 Å². The van der Waals surface area contributed by atoms with Gasteiger partial charge in [-0.05, 0) is 26.3 Å². The summed E-state index contributed by atoms with van der Waals surface area (Å²) in [6.07, 6.45) is 2.14. The van der Waals surface area contributed by atoms with E-state index >= 15 is 0 Å². The van der Waals surface area contributed by atoms with Crippen molar-refractivity contribution < 1.29 is 23.8 Å². The molecule has 2 N–H and O–H groups in total. The molecule has 0 spiro atoms. The van der Waals surface area contributed by atoms with Crippen molar-refractivity contribution in [2.75, 3.05) is 44.8 Å². The Kier molecular flexibility index (Phi) is 7.22. The monoisotopic (exact) mass is 411 g/mol. The lowest BCUT2D eigenvalue weighted by Gasteiger charge is -2.32. The third-order valence-corrected chi connectivity index (χ3v) is 4.89. The summed E-state index contributed by atoms with van der Waals surface area (Å²) in [4.78, 5) is 26.1. The zero-order chi connectivity index (χ0) is 19.9. The highest BCUT2D eigenvalue weighted by atomic mass is 35.5. The Balaban J connectivity index is 1.55. The van der Waals surface area contributed by atoms with Gasteiger partial charge in [-0.1, -0.05) is 11.6 Å². The lowest BCUT2D eigenvalue weighted by atomic mass is 10.1. The molecule has 1 aromatic rings. The summed E-state index contributed by atoms with van der Waals surface area (Å²) >= 11 is 6.29. The molecule has 3 rings (SSSR count). The van der Waals surface area contributed by atoms with Crippen LogP contribution in [0.2, 0.25) is 5.02 Å². The molecule has 2 aliphatic rings. The quantitative estimate of drug-likeness (QED) is 0.774. The van der Waals surface area contributed by atoms with Crippen molar-refractivity contribution in [1.29, 1.82) is 0 Å². The molecule has 2 amide bonds. The number of fused-ring (bicyclic) bond motifs is 1. The van der Waals surface area contributed by atoms with Crippen LogP contribution in [0.3, 0.4) is 0 Å². The highest BCUT2D eigenvalue weighted by Gasteiger charge is 2.24. The first kappa shape index (κ1) is 20.5. The Labute approximate surface area is 169 Å². The summed E-state index contributed by atoms with van der Waals surface area (Å²) in [7, 11) is 0. The molecule has 1 saturated heterocycles. The summed E-state index contributed by atoms with van der Waals surface area (Å²) in [5.74, 6) is 0.992. The van der Waals surface area contributed by atoms with Crippen LogP contribution in [-0.4, -0.2) is 62.4 Å². The molecule has 1 atom stereocenters. The van der Waals surface area contributed by atoms with E-state index < -0.39 is 6.09 Å². The van der Waals surface area contributed by atoms with E-state index in [-0.39, 0.29) is 18.5 Å². The molecule has 154 valence electrons. The van der Waals surface area contributed by atoms with E-state index in [1.54, 1.807) is 19.1 Å². The molecule has 1 unspecified atom stereocenters. The third-order valence-electron chi connectivity index (χ3n) is 4.58. The molecule has 0 bridgehead atoms. The fraction of sp³-hybridized carbons (Fsp3) is 0.579. The van der Waals surface area contributed by atoms with Crippen LogP contribution in [0.4, 0.5) is 10.5 Å². The zero-order valence-corrected chi connectivity index (χ0v) is 16.7. The van der Waals surface area contributed by atoms with E-state index in [4.69, 9.17) is 25.8 Å². The molecule has 2 heterocycles. The minimum absolute atomic E-state index is 0.0257. The van der Waals surface area contributed by atoms with Crippen LogP contribution >= 0.6 is 11.6 Å². The fourth-order valence-corrected chi connectivity index (χ4v) is 3.53. The molecular formula is C19H26ClN3O5. The maximum absolute atomic E-state index is 12.5. The van der Waals surface area contributed by atoms with Crippen molar-refractivity contribution in [1.82, 2.24) is 10.2 Å². The summed E-state index contributed by atoms with van der Waals surface area (Å²) in [6.45, 7) is 4.84. The number of amides is 2. The Bertz CT molecular complexity index is 715. The Morgan fingerprint density at radius 2 is 2.00 bits per heavy atom. The summed E-state index contributed by atoms with van der Waals surface area (Å²) < 4.78 is 16.2. The SMILES string of the molecule is CCOC(=O)NC1CCCN(CC(=O)Nc2cc3c(cc2Cl)OCCCO3)C1. The van der Waals surface area contributed by atoms with Gasteiger partial charge in [-0.25, -0.2) is 4.79 Å². The van der Waals surface area contributed by atoms with Gasteiger partial charge in [0, 0.05) is 31.1 Å². The predicted octanol–water partition coefficient (Wildman–Crippen LogP) is 2.65. The number of halogens is 1. The number of carbonyl (C=O) groups excluding carboxylic acids is 2. The van der Waals surface area contributed by atoms with Crippen molar-refractivity contribution in [2.45, 2.75) is 32.2 Å². The van der Waals surface area contributed by atoms with Gasteiger partial charge >= 0.3 is 6.09 Å². The molecule has 2 aliphatic heterocycles. The number of carbonyl (C=O) groups is 2. The van der Waals surface area contributed by atoms with Crippen LogP contribution < -0.4 is 20.1 Å². The lowest BCUT2D eigenvalue weighted by Crippen LogP contribution is -2.49. The third kappa shape index (κ3) is 5.65. The fourth-order valence-electron chi connectivity index (χ4n) is 3.33. The van der Waals surface area contributed by atoms with E-state index in [2.05, 4.69) is 10.6 Å². The molecule has 9 heteroatoms. The number of alkyl carbamates (subject to hydrolysis) is 1. The van der Waals surface area contributed by atoms with Crippen LogP contribution in [0, 0.1) is 0 Å². The first-order valence-electron chi connectivity index (χ1n) is 9.59. The maximum atomic E-state index is 12.5. The van der Waals surface area contributed by atoms with Gasteiger partial charge in [0.2, 0.25) is 5.91 Å². The number of piperidine rings is 1. The summed E-state index contributed by atoms with van der Waals surface area (Å²) in [6, 6.07) is 3.34. The van der Waals surface area contributed by atoms with Gasteiger partial charge in [0.15, 0.2) is 11.5 Å². The first-order chi connectivity index (χ1) is 13.5. The number of hydrogen-bond donors (Lipinski definition) is 2. The van der Waals surface area contributed by atoms with Crippen molar-refractivity contribution in [3.8, 4) is 11.5 Å². The number of ether oxygens (including phenoxy) is 3. The topological polar surface area (TPSA) is 89.1 Å². The largest absolute Gasteiger partial charge is 0.490 e. The van der Waals surface area contributed by atoms with Crippen molar-refractivity contribution in [2.24, 2.45) is 0 Å². The predicted molar refractivity (Wildman–Crippen MR) is 105 cm³/mol. The normalized spacial score (nSPS) is 19.4. The average molecular weight is 412 g/mol. The summed E-state index contributed by atoms with van der Waals surface area (Å²) in [5, 5.41) is 6.08. The van der Waals surface area contributed by atoms with Gasteiger partial charge < -0.3 is 24.8 Å². The van der Waals surface area contributed by atoms with Crippen molar-refractivity contribution in [3.05, 3.63) is 17.2 Å². The molecule has 1 fully saturated rings. The molecule has 28 heavy (non-hydrogen) atoms. The molecule has 0 aromatic heterocycles. The maximum Gasteiger partial charge on any atom is 0.407 e. The van der Waals surface area contributed by atoms with Gasteiger partial charge in [0.1, 0.15) is 0 Å². The second-order valence-corrected chi connectivity index (χ2v) is 7.22. The van der Waals surface area contributed by atoms with Crippen molar-refractivity contribution >= 4 is 29.3 Å². The van der Waals surface area contributed by atoms with Gasteiger partial charge in [0.05, 0.1) is 37.1 Å². The van der Waals surface area contributed by atoms with E-state index in [0.717, 1.165) is 25.8 Å². The Morgan fingerprint density at radius 1 is 1.25 bits per heavy atom. The van der Waals surface area contributed by atoms with Crippen LogP contribution in [-0.2, 0) is 9.53 Å². The van der Waals surface area contributed by atoms with Crippen LogP contribution in [0.15, 0.2) is 12.1 Å². The second kappa shape index (κ2) is 9.84. The number of likely N-dealkylation sites (tertiary alicyclic amines) is 1. The molecule has 0 aliphatic carbocycles. The molecule has 8 nitrogen and oxygen atoms in total. The van der Waals surface area contributed by atoms with Crippen LogP contribution in [0.1, 0.15) is 26.2 Å². The number of nitrogens with zero attached hydrogens (tertiary/aromatic N) is 1. The standard InChI is InChI=1S/C19H26ClN3O5/c1-2-26-19(25)21-13-5-3-6-23(11-13)12-18(24)22-15-10-17-16(9-14(15)20)27-7-4-8-28-17/h9-10,13H,2-8,11-12H2,1H3,(H,21,25)(H,22,24). The van der Waals surface area contributed by atoms with Crippen molar-refractivity contribution in [3.63, 3.8) is 0 Å². The average Bonchev–Trinajstić information content (AvgIpc) is 2.87. The number of benzene rings is 1. The van der Waals surface area contributed by atoms with E-state index in [1.165, 1.54) is 0 Å². The second-order valence-electron chi connectivity index (χ2n) is 6.82. The van der Waals surface area contributed by atoms with Gasteiger partial charge in [-0.15, -0.1) is 0 Å². The number of anilines is 1. The zero-order valence-electron chi connectivity index (χ0n) is 16.0.